The molecule has 0 spiro atoms. The van der Waals surface area contributed by atoms with Gasteiger partial charge >= 0.3 is 0 Å². The van der Waals surface area contributed by atoms with Gasteiger partial charge in [0.15, 0.2) is 0 Å². The average Bonchev–Trinajstić information content (AvgIpc) is 2.31. The first-order valence-corrected chi connectivity index (χ1v) is 6.55. The molecular formula is C13H30N2O. The van der Waals surface area contributed by atoms with Gasteiger partial charge < -0.3 is 10.5 Å². The minimum absolute atomic E-state index is 0.274. The third-order valence-corrected chi connectivity index (χ3v) is 3.62. The zero-order valence-electron chi connectivity index (χ0n) is 11.7. The second-order valence-electron chi connectivity index (χ2n) is 4.79. The van der Waals surface area contributed by atoms with Crippen LogP contribution in [0.15, 0.2) is 0 Å². The van der Waals surface area contributed by atoms with Crippen LogP contribution in [0.25, 0.3) is 0 Å². The maximum atomic E-state index is 6.21. The van der Waals surface area contributed by atoms with Crippen molar-refractivity contribution in [1.82, 2.24) is 4.90 Å². The summed E-state index contributed by atoms with van der Waals surface area (Å²) < 4.78 is 5.15. The van der Waals surface area contributed by atoms with Gasteiger partial charge in [-0.25, -0.2) is 0 Å². The Balaban J connectivity index is 4.18. The number of hydrogen-bond donors (Lipinski definition) is 1. The Labute approximate surface area is 101 Å². The Kier molecular flexibility index (Phi) is 8.90. The molecule has 0 aliphatic heterocycles. The van der Waals surface area contributed by atoms with Crippen LogP contribution in [0.5, 0.6) is 0 Å². The molecule has 3 atom stereocenters. The predicted molar refractivity (Wildman–Crippen MR) is 70.6 cm³/mol. The van der Waals surface area contributed by atoms with Crippen LogP contribution in [0.2, 0.25) is 0 Å². The molecular weight excluding hydrogens is 200 g/mol. The fourth-order valence-electron chi connectivity index (χ4n) is 1.71. The average molecular weight is 230 g/mol. The molecule has 2 N–H and O–H groups in total. The van der Waals surface area contributed by atoms with Crippen molar-refractivity contribution >= 4 is 0 Å². The summed E-state index contributed by atoms with van der Waals surface area (Å²) in [5.41, 5.74) is 6.21. The number of nitrogens with two attached hydrogens (primary N) is 1. The minimum atomic E-state index is 0.274. The van der Waals surface area contributed by atoms with Gasteiger partial charge in [0, 0.05) is 32.3 Å². The quantitative estimate of drug-likeness (QED) is 0.659. The highest BCUT2D eigenvalue weighted by atomic mass is 16.5. The molecule has 0 aromatic carbocycles. The zero-order chi connectivity index (χ0) is 12.6. The van der Waals surface area contributed by atoms with E-state index in [4.69, 9.17) is 10.5 Å². The molecule has 0 saturated heterocycles. The van der Waals surface area contributed by atoms with Gasteiger partial charge in [0.2, 0.25) is 0 Å². The SMILES string of the molecule is CCC(C)C(N)CN(CCOC)C(C)CC. The Bertz CT molecular complexity index is 164. The Morgan fingerprint density at radius 2 is 1.81 bits per heavy atom. The predicted octanol–water partition coefficient (Wildman–Crippen LogP) is 2.11. The molecule has 0 fully saturated rings. The highest BCUT2D eigenvalue weighted by Gasteiger charge is 2.18. The number of rotatable bonds is 9. The lowest BCUT2D eigenvalue weighted by molar-refractivity contribution is 0.112. The van der Waals surface area contributed by atoms with Crippen molar-refractivity contribution < 1.29 is 4.74 Å². The molecule has 0 aliphatic rings. The summed E-state index contributed by atoms with van der Waals surface area (Å²) in [5, 5.41) is 0. The van der Waals surface area contributed by atoms with Crippen LogP contribution in [0.1, 0.15) is 40.5 Å². The zero-order valence-corrected chi connectivity index (χ0v) is 11.7. The van der Waals surface area contributed by atoms with Crippen LogP contribution in [0.4, 0.5) is 0 Å². The number of ether oxygens (including phenoxy) is 1. The van der Waals surface area contributed by atoms with Gasteiger partial charge in [-0.05, 0) is 19.3 Å². The highest BCUT2D eigenvalue weighted by Crippen LogP contribution is 2.10. The molecule has 0 amide bonds. The maximum absolute atomic E-state index is 6.21. The number of methoxy groups -OCH3 is 1. The van der Waals surface area contributed by atoms with Gasteiger partial charge in [0.25, 0.3) is 0 Å². The first-order valence-electron chi connectivity index (χ1n) is 6.55. The molecule has 0 rings (SSSR count). The van der Waals surface area contributed by atoms with Crippen LogP contribution in [0, 0.1) is 5.92 Å². The van der Waals surface area contributed by atoms with Gasteiger partial charge in [0.05, 0.1) is 6.61 Å². The second kappa shape index (κ2) is 8.97. The van der Waals surface area contributed by atoms with Crippen LogP contribution < -0.4 is 5.73 Å². The molecule has 0 radical (unpaired) electrons. The van der Waals surface area contributed by atoms with Crippen molar-refractivity contribution in [2.75, 3.05) is 26.8 Å². The van der Waals surface area contributed by atoms with Crippen molar-refractivity contribution in [3.8, 4) is 0 Å². The molecule has 0 aliphatic carbocycles. The highest BCUT2D eigenvalue weighted by molar-refractivity contribution is 4.76. The molecule has 98 valence electrons. The van der Waals surface area contributed by atoms with E-state index in [1.807, 2.05) is 0 Å². The largest absolute Gasteiger partial charge is 0.383 e. The number of nitrogens with zero attached hydrogens (tertiary/aromatic N) is 1. The Hall–Kier alpha value is -0.120. The summed E-state index contributed by atoms with van der Waals surface area (Å²) >= 11 is 0. The molecule has 0 bridgehead atoms. The molecule has 0 aromatic rings. The van der Waals surface area contributed by atoms with E-state index >= 15 is 0 Å². The van der Waals surface area contributed by atoms with Gasteiger partial charge in [-0.3, -0.25) is 4.90 Å². The summed E-state index contributed by atoms with van der Waals surface area (Å²) in [6.45, 7) is 11.7. The van der Waals surface area contributed by atoms with Crippen molar-refractivity contribution in [2.24, 2.45) is 11.7 Å². The fraction of sp³-hybridized carbons (Fsp3) is 1.00. The van der Waals surface area contributed by atoms with E-state index in [1.54, 1.807) is 7.11 Å². The lowest BCUT2D eigenvalue weighted by Crippen LogP contribution is -2.46. The molecule has 0 saturated carbocycles. The summed E-state index contributed by atoms with van der Waals surface area (Å²) in [6, 6.07) is 0.862. The third-order valence-electron chi connectivity index (χ3n) is 3.62. The lowest BCUT2D eigenvalue weighted by atomic mass is 9.99. The second-order valence-corrected chi connectivity index (χ2v) is 4.79. The Morgan fingerprint density at radius 1 is 1.19 bits per heavy atom. The first kappa shape index (κ1) is 15.9. The minimum Gasteiger partial charge on any atom is -0.383 e. The van der Waals surface area contributed by atoms with Crippen molar-refractivity contribution in [1.29, 1.82) is 0 Å². The molecule has 3 heteroatoms. The van der Waals surface area contributed by atoms with Crippen LogP contribution >= 0.6 is 0 Å². The van der Waals surface area contributed by atoms with Gasteiger partial charge in [0.1, 0.15) is 0 Å². The maximum Gasteiger partial charge on any atom is 0.0589 e. The van der Waals surface area contributed by atoms with E-state index in [0.717, 1.165) is 32.5 Å². The van der Waals surface area contributed by atoms with Crippen LogP contribution in [-0.4, -0.2) is 43.8 Å². The summed E-state index contributed by atoms with van der Waals surface area (Å²) in [7, 11) is 1.75. The van der Waals surface area contributed by atoms with E-state index < -0.39 is 0 Å². The van der Waals surface area contributed by atoms with Gasteiger partial charge in [-0.1, -0.05) is 27.2 Å². The summed E-state index contributed by atoms with van der Waals surface area (Å²) in [4.78, 5) is 2.44. The summed E-state index contributed by atoms with van der Waals surface area (Å²) in [6.07, 6.45) is 2.32. The van der Waals surface area contributed by atoms with E-state index in [1.165, 1.54) is 0 Å². The first-order chi connectivity index (χ1) is 7.56. The van der Waals surface area contributed by atoms with Gasteiger partial charge in [-0.15, -0.1) is 0 Å². The normalized spacial score (nSPS) is 17.4. The van der Waals surface area contributed by atoms with E-state index in [9.17, 15) is 0 Å². The van der Waals surface area contributed by atoms with E-state index in [2.05, 4.69) is 32.6 Å². The van der Waals surface area contributed by atoms with Gasteiger partial charge in [-0.2, -0.15) is 0 Å². The standard InChI is InChI=1S/C13H30N2O/c1-6-11(3)13(14)10-15(8-9-16-5)12(4)7-2/h11-13H,6-10,14H2,1-5H3. The van der Waals surface area contributed by atoms with Crippen molar-refractivity contribution in [2.45, 2.75) is 52.6 Å². The Morgan fingerprint density at radius 3 is 2.25 bits per heavy atom. The molecule has 0 heterocycles. The third kappa shape index (κ3) is 5.83. The van der Waals surface area contributed by atoms with Crippen molar-refractivity contribution in [3.05, 3.63) is 0 Å². The fourth-order valence-corrected chi connectivity index (χ4v) is 1.71. The van der Waals surface area contributed by atoms with Crippen molar-refractivity contribution in [3.63, 3.8) is 0 Å². The molecule has 16 heavy (non-hydrogen) atoms. The number of hydrogen-bond acceptors (Lipinski definition) is 3. The summed E-state index contributed by atoms with van der Waals surface area (Å²) in [5.74, 6) is 0.592. The monoisotopic (exact) mass is 230 g/mol. The van der Waals surface area contributed by atoms with E-state index in [-0.39, 0.29) is 6.04 Å². The molecule has 3 nitrogen and oxygen atoms in total. The van der Waals surface area contributed by atoms with E-state index in [0.29, 0.717) is 12.0 Å². The van der Waals surface area contributed by atoms with Crippen LogP contribution in [-0.2, 0) is 4.74 Å². The molecule has 3 unspecified atom stereocenters. The topological polar surface area (TPSA) is 38.5 Å². The smallest absolute Gasteiger partial charge is 0.0589 e. The lowest BCUT2D eigenvalue weighted by Gasteiger charge is -2.32. The molecule has 0 aromatic heterocycles. The van der Waals surface area contributed by atoms with Crippen LogP contribution in [0.3, 0.4) is 0 Å².